The highest BCUT2D eigenvalue weighted by atomic mass is 32.1. The van der Waals surface area contributed by atoms with Gasteiger partial charge in [0, 0.05) is 24.0 Å². The number of aromatic nitrogens is 1. The Balaban J connectivity index is 1.96. The van der Waals surface area contributed by atoms with Crippen LogP contribution in [0.25, 0.3) is 11.3 Å². The summed E-state index contributed by atoms with van der Waals surface area (Å²) in [5.41, 5.74) is 7.83. The first-order valence-electron chi connectivity index (χ1n) is 7.44. The molecule has 0 amide bonds. The van der Waals surface area contributed by atoms with Gasteiger partial charge in [0.15, 0.2) is 5.13 Å². The van der Waals surface area contributed by atoms with Gasteiger partial charge < -0.3 is 9.64 Å². The third-order valence-corrected chi connectivity index (χ3v) is 5.43. The molecule has 21 heavy (non-hydrogen) atoms. The molecule has 1 aromatic carbocycles. The molecule has 0 radical (unpaired) electrons. The molecule has 3 nitrogen and oxygen atoms in total. The van der Waals surface area contributed by atoms with E-state index in [1.807, 2.05) is 0 Å². The standard InChI is InChI=1S/C17H22N2OS/c1-11-9-15(14(4)13(3)12(11)2)16-10-21-17(18-16)19-5-7-20-8-6-19/h9-10H,5-8H2,1-4H3. The molecule has 0 saturated carbocycles. The van der Waals surface area contributed by atoms with Crippen LogP contribution in [0.4, 0.5) is 5.13 Å². The van der Waals surface area contributed by atoms with Crippen molar-refractivity contribution in [1.82, 2.24) is 4.98 Å². The summed E-state index contributed by atoms with van der Waals surface area (Å²) < 4.78 is 5.41. The Bertz CT molecular complexity index is 657. The van der Waals surface area contributed by atoms with E-state index in [1.165, 1.54) is 27.8 Å². The second-order valence-electron chi connectivity index (χ2n) is 5.73. The number of nitrogens with zero attached hydrogens (tertiary/aromatic N) is 2. The average Bonchev–Trinajstić information content (AvgIpc) is 2.99. The highest BCUT2D eigenvalue weighted by Crippen LogP contribution is 2.33. The summed E-state index contributed by atoms with van der Waals surface area (Å²) in [4.78, 5) is 7.19. The van der Waals surface area contributed by atoms with E-state index >= 15 is 0 Å². The van der Waals surface area contributed by atoms with Crippen LogP contribution in [0.15, 0.2) is 11.4 Å². The van der Waals surface area contributed by atoms with E-state index in [1.54, 1.807) is 11.3 Å². The summed E-state index contributed by atoms with van der Waals surface area (Å²) in [5, 5.41) is 3.30. The van der Waals surface area contributed by atoms with Gasteiger partial charge in [0.2, 0.25) is 0 Å². The molecule has 1 aliphatic heterocycles. The molecule has 4 heteroatoms. The number of hydrogen-bond acceptors (Lipinski definition) is 4. The first-order chi connectivity index (χ1) is 10.1. The van der Waals surface area contributed by atoms with Crippen molar-refractivity contribution in [2.45, 2.75) is 27.7 Å². The Morgan fingerprint density at radius 3 is 2.48 bits per heavy atom. The molecule has 1 aromatic heterocycles. The topological polar surface area (TPSA) is 25.4 Å². The summed E-state index contributed by atoms with van der Waals surface area (Å²) >= 11 is 1.73. The van der Waals surface area contributed by atoms with Gasteiger partial charge in [0.05, 0.1) is 18.9 Å². The Labute approximate surface area is 130 Å². The maximum Gasteiger partial charge on any atom is 0.186 e. The largest absolute Gasteiger partial charge is 0.378 e. The Hall–Kier alpha value is -1.39. The fourth-order valence-corrected chi connectivity index (χ4v) is 3.65. The molecule has 0 unspecified atom stereocenters. The van der Waals surface area contributed by atoms with E-state index in [4.69, 9.17) is 9.72 Å². The second-order valence-corrected chi connectivity index (χ2v) is 6.57. The molecule has 112 valence electrons. The second kappa shape index (κ2) is 5.78. The van der Waals surface area contributed by atoms with Crippen LogP contribution in [0.2, 0.25) is 0 Å². The summed E-state index contributed by atoms with van der Waals surface area (Å²) in [6.45, 7) is 12.3. The molecule has 2 aromatic rings. The number of hydrogen-bond donors (Lipinski definition) is 0. The fourth-order valence-electron chi connectivity index (χ4n) is 2.77. The van der Waals surface area contributed by atoms with Crippen LogP contribution in [0.3, 0.4) is 0 Å². The molecule has 0 spiro atoms. The maximum absolute atomic E-state index is 5.41. The minimum absolute atomic E-state index is 0.802. The number of rotatable bonds is 2. The van der Waals surface area contributed by atoms with Gasteiger partial charge in [-0.1, -0.05) is 0 Å². The number of thiazole rings is 1. The number of ether oxygens (including phenoxy) is 1. The summed E-state index contributed by atoms with van der Waals surface area (Å²) in [6, 6.07) is 2.27. The van der Waals surface area contributed by atoms with Crippen molar-refractivity contribution in [3.05, 3.63) is 33.7 Å². The van der Waals surface area contributed by atoms with Crippen LogP contribution in [0, 0.1) is 27.7 Å². The van der Waals surface area contributed by atoms with E-state index in [0.717, 1.165) is 37.1 Å². The van der Waals surface area contributed by atoms with Gasteiger partial charge in [-0.3, -0.25) is 0 Å². The molecule has 1 aliphatic rings. The minimum Gasteiger partial charge on any atom is -0.378 e. The summed E-state index contributed by atoms with van der Waals surface area (Å²) in [5.74, 6) is 0. The lowest BCUT2D eigenvalue weighted by molar-refractivity contribution is 0.122. The Kier molecular flexibility index (Phi) is 4.00. The normalized spacial score (nSPS) is 15.5. The molecule has 1 saturated heterocycles. The fraction of sp³-hybridized carbons (Fsp3) is 0.471. The first kappa shape index (κ1) is 14.5. The minimum atomic E-state index is 0.802. The van der Waals surface area contributed by atoms with Gasteiger partial charge in [-0.2, -0.15) is 0 Å². The van der Waals surface area contributed by atoms with Crippen LogP contribution in [0.1, 0.15) is 22.3 Å². The maximum atomic E-state index is 5.41. The van der Waals surface area contributed by atoms with Crippen LogP contribution >= 0.6 is 11.3 Å². The smallest absolute Gasteiger partial charge is 0.186 e. The number of anilines is 1. The Morgan fingerprint density at radius 1 is 1.05 bits per heavy atom. The van der Waals surface area contributed by atoms with Crippen LogP contribution < -0.4 is 4.90 Å². The van der Waals surface area contributed by atoms with Gasteiger partial charge >= 0.3 is 0 Å². The van der Waals surface area contributed by atoms with E-state index in [0.29, 0.717) is 0 Å². The first-order valence-corrected chi connectivity index (χ1v) is 8.32. The SMILES string of the molecule is Cc1cc(-c2csc(N3CCOCC3)n2)c(C)c(C)c1C. The van der Waals surface area contributed by atoms with Gasteiger partial charge in [0.1, 0.15) is 0 Å². The molecular weight excluding hydrogens is 280 g/mol. The summed E-state index contributed by atoms with van der Waals surface area (Å²) in [6.07, 6.45) is 0. The lowest BCUT2D eigenvalue weighted by Crippen LogP contribution is -2.36. The highest BCUT2D eigenvalue weighted by molar-refractivity contribution is 7.14. The Morgan fingerprint density at radius 2 is 1.76 bits per heavy atom. The molecule has 0 N–H and O–H groups in total. The molecule has 3 rings (SSSR count). The van der Waals surface area contributed by atoms with Gasteiger partial charge in [-0.15, -0.1) is 11.3 Å². The van der Waals surface area contributed by atoms with Crippen molar-refractivity contribution in [2.75, 3.05) is 31.2 Å². The molecule has 1 fully saturated rings. The molecule has 0 bridgehead atoms. The van der Waals surface area contributed by atoms with Crippen molar-refractivity contribution >= 4 is 16.5 Å². The average molecular weight is 302 g/mol. The monoisotopic (exact) mass is 302 g/mol. The van der Waals surface area contributed by atoms with E-state index in [-0.39, 0.29) is 0 Å². The van der Waals surface area contributed by atoms with E-state index in [9.17, 15) is 0 Å². The number of aryl methyl sites for hydroxylation is 1. The zero-order valence-corrected chi connectivity index (χ0v) is 14.0. The van der Waals surface area contributed by atoms with Crippen molar-refractivity contribution in [3.8, 4) is 11.3 Å². The molecule has 0 aliphatic carbocycles. The molecule has 0 atom stereocenters. The predicted molar refractivity (Wildman–Crippen MR) is 89.5 cm³/mol. The number of benzene rings is 1. The van der Waals surface area contributed by atoms with Crippen molar-refractivity contribution < 1.29 is 4.74 Å². The van der Waals surface area contributed by atoms with Gasteiger partial charge in [-0.25, -0.2) is 4.98 Å². The molecule has 2 heterocycles. The van der Waals surface area contributed by atoms with E-state index in [2.05, 4.69) is 44.0 Å². The van der Waals surface area contributed by atoms with Gasteiger partial charge in [0.25, 0.3) is 0 Å². The quantitative estimate of drug-likeness (QED) is 0.842. The summed E-state index contributed by atoms with van der Waals surface area (Å²) in [7, 11) is 0. The predicted octanol–water partition coefficient (Wildman–Crippen LogP) is 3.88. The number of morpholine rings is 1. The van der Waals surface area contributed by atoms with Gasteiger partial charge in [-0.05, 0) is 56.0 Å². The third-order valence-electron chi connectivity index (χ3n) is 4.53. The lowest BCUT2D eigenvalue weighted by atomic mass is 9.93. The highest BCUT2D eigenvalue weighted by Gasteiger charge is 2.17. The third kappa shape index (κ3) is 2.70. The van der Waals surface area contributed by atoms with Crippen LogP contribution in [-0.4, -0.2) is 31.3 Å². The molecular formula is C17H22N2OS. The van der Waals surface area contributed by atoms with Crippen molar-refractivity contribution in [1.29, 1.82) is 0 Å². The van der Waals surface area contributed by atoms with E-state index < -0.39 is 0 Å². The lowest BCUT2D eigenvalue weighted by Gasteiger charge is -2.26. The zero-order valence-electron chi connectivity index (χ0n) is 13.2. The van der Waals surface area contributed by atoms with Crippen molar-refractivity contribution in [2.24, 2.45) is 0 Å². The van der Waals surface area contributed by atoms with Crippen LogP contribution in [0.5, 0.6) is 0 Å². The zero-order chi connectivity index (χ0) is 15.0. The van der Waals surface area contributed by atoms with Crippen LogP contribution in [-0.2, 0) is 4.74 Å². The van der Waals surface area contributed by atoms with Crippen molar-refractivity contribution in [3.63, 3.8) is 0 Å².